The second-order valence-electron chi connectivity index (χ2n) is 5.03. The van der Waals surface area contributed by atoms with E-state index in [2.05, 4.69) is 5.32 Å². The van der Waals surface area contributed by atoms with Gasteiger partial charge >= 0.3 is 12.0 Å². The molecule has 0 aliphatic heterocycles. The third-order valence-electron chi connectivity index (χ3n) is 3.63. The van der Waals surface area contributed by atoms with Crippen LogP contribution in [0.15, 0.2) is 24.3 Å². The minimum absolute atomic E-state index is 0.119. The summed E-state index contributed by atoms with van der Waals surface area (Å²) in [5, 5.41) is 11.7. The summed E-state index contributed by atoms with van der Waals surface area (Å²) in [6.07, 6.45) is 1.71. The number of aliphatic carboxylic acids is 1. The number of carbonyl (C=O) groups is 2. The molecule has 20 heavy (non-hydrogen) atoms. The summed E-state index contributed by atoms with van der Waals surface area (Å²) in [6, 6.07) is 5.18. The van der Waals surface area contributed by atoms with Gasteiger partial charge in [0.15, 0.2) is 0 Å². The Morgan fingerprint density at radius 2 is 1.95 bits per heavy atom. The molecule has 108 valence electrons. The smallest absolute Gasteiger partial charge is 0.321 e. The quantitative estimate of drug-likeness (QED) is 0.892. The number of amides is 2. The first-order valence-electron chi connectivity index (χ1n) is 6.50. The van der Waals surface area contributed by atoms with Gasteiger partial charge in [-0.3, -0.25) is 9.69 Å². The van der Waals surface area contributed by atoms with Crippen molar-refractivity contribution >= 4 is 17.7 Å². The number of nitrogens with one attached hydrogen (secondary N) is 1. The minimum atomic E-state index is -0.811. The van der Waals surface area contributed by atoms with Crippen molar-refractivity contribution in [2.75, 3.05) is 11.9 Å². The van der Waals surface area contributed by atoms with Gasteiger partial charge in [-0.2, -0.15) is 0 Å². The van der Waals surface area contributed by atoms with Crippen molar-refractivity contribution in [1.29, 1.82) is 0 Å². The van der Waals surface area contributed by atoms with Crippen LogP contribution in [0, 0.1) is 11.7 Å². The maximum atomic E-state index is 12.8. The second-order valence-corrected chi connectivity index (χ2v) is 5.03. The largest absolute Gasteiger partial charge is 0.481 e. The molecule has 2 atom stereocenters. The highest BCUT2D eigenvalue weighted by Crippen LogP contribution is 2.26. The Bertz CT molecular complexity index is 504. The summed E-state index contributed by atoms with van der Waals surface area (Å²) in [5.74, 6) is -1.55. The number of carboxylic acid groups (broad SMARTS) is 1. The molecule has 1 aliphatic carbocycles. The van der Waals surface area contributed by atoms with E-state index in [9.17, 15) is 14.0 Å². The molecule has 1 aliphatic rings. The van der Waals surface area contributed by atoms with Crippen LogP contribution >= 0.6 is 0 Å². The predicted molar refractivity (Wildman–Crippen MR) is 72.1 cm³/mol. The second kappa shape index (κ2) is 5.90. The summed E-state index contributed by atoms with van der Waals surface area (Å²) in [4.78, 5) is 24.3. The van der Waals surface area contributed by atoms with Crippen LogP contribution in [0.2, 0.25) is 0 Å². The Morgan fingerprint density at radius 3 is 2.50 bits per heavy atom. The number of rotatable bonds is 3. The van der Waals surface area contributed by atoms with Crippen LogP contribution in [0.25, 0.3) is 0 Å². The monoisotopic (exact) mass is 280 g/mol. The SMILES string of the molecule is CN(C(=O)N[C@H]1CC[C@@H](C(=O)O)C1)c1ccc(F)cc1. The van der Waals surface area contributed by atoms with E-state index in [-0.39, 0.29) is 23.8 Å². The summed E-state index contributed by atoms with van der Waals surface area (Å²) in [5.41, 5.74) is 0.580. The summed E-state index contributed by atoms with van der Waals surface area (Å²) in [6.45, 7) is 0. The molecule has 0 saturated heterocycles. The molecule has 5 nitrogen and oxygen atoms in total. The highest BCUT2D eigenvalue weighted by molar-refractivity contribution is 5.91. The number of carbonyl (C=O) groups excluding carboxylic acids is 1. The summed E-state index contributed by atoms with van der Waals surface area (Å²) >= 11 is 0. The van der Waals surface area contributed by atoms with E-state index in [4.69, 9.17) is 5.11 Å². The zero-order valence-electron chi connectivity index (χ0n) is 11.2. The molecular formula is C14H17FN2O3. The molecule has 0 aromatic heterocycles. The van der Waals surface area contributed by atoms with Crippen LogP contribution in [0.4, 0.5) is 14.9 Å². The lowest BCUT2D eigenvalue weighted by molar-refractivity contribution is -0.141. The number of nitrogens with zero attached hydrogens (tertiary/aromatic N) is 1. The van der Waals surface area contributed by atoms with Gasteiger partial charge in [-0.25, -0.2) is 9.18 Å². The molecular weight excluding hydrogens is 263 g/mol. The van der Waals surface area contributed by atoms with Crippen LogP contribution in [-0.4, -0.2) is 30.2 Å². The fraction of sp³-hybridized carbons (Fsp3) is 0.429. The standard InChI is InChI=1S/C14H17FN2O3/c1-17(12-6-3-10(15)4-7-12)14(20)16-11-5-2-9(8-11)13(18)19/h3-4,6-7,9,11H,2,5,8H2,1H3,(H,16,20)(H,18,19)/t9-,11+/m1/s1. The molecule has 2 rings (SSSR count). The number of benzene rings is 1. The van der Waals surface area contributed by atoms with Crippen molar-refractivity contribution in [3.05, 3.63) is 30.1 Å². The summed E-state index contributed by atoms with van der Waals surface area (Å²) < 4.78 is 12.8. The number of anilines is 1. The van der Waals surface area contributed by atoms with E-state index in [1.807, 2.05) is 0 Å². The first-order valence-corrected chi connectivity index (χ1v) is 6.50. The third-order valence-corrected chi connectivity index (χ3v) is 3.63. The normalized spacial score (nSPS) is 21.5. The fourth-order valence-corrected chi connectivity index (χ4v) is 2.39. The molecule has 0 heterocycles. The van der Waals surface area contributed by atoms with E-state index >= 15 is 0 Å². The van der Waals surface area contributed by atoms with Crippen molar-refractivity contribution in [3.63, 3.8) is 0 Å². The van der Waals surface area contributed by atoms with Gasteiger partial charge in [0.25, 0.3) is 0 Å². The zero-order chi connectivity index (χ0) is 14.7. The molecule has 2 N–H and O–H groups in total. The van der Waals surface area contributed by atoms with E-state index in [1.165, 1.54) is 29.2 Å². The van der Waals surface area contributed by atoms with E-state index in [0.29, 0.717) is 24.9 Å². The molecule has 2 amide bonds. The number of halogens is 1. The van der Waals surface area contributed by atoms with Gasteiger partial charge in [0.2, 0.25) is 0 Å². The van der Waals surface area contributed by atoms with Gasteiger partial charge in [0.1, 0.15) is 5.82 Å². The number of hydrogen-bond acceptors (Lipinski definition) is 2. The molecule has 1 saturated carbocycles. The molecule has 0 spiro atoms. The zero-order valence-corrected chi connectivity index (χ0v) is 11.2. The third kappa shape index (κ3) is 3.26. The minimum Gasteiger partial charge on any atom is -0.481 e. The molecule has 1 aromatic rings. The van der Waals surface area contributed by atoms with E-state index < -0.39 is 5.97 Å². The van der Waals surface area contributed by atoms with Crippen molar-refractivity contribution in [2.45, 2.75) is 25.3 Å². The van der Waals surface area contributed by atoms with Gasteiger partial charge in [-0.15, -0.1) is 0 Å². The van der Waals surface area contributed by atoms with Gasteiger partial charge in [0.05, 0.1) is 5.92 Å². The molecule has 1 fully saturated rings. The Hall–Kier alpha value is -2.11. The Kier molecular flexibility index (Phi) is 4.22. The fourth-order valence-electron chi connectivity index (χ4n) is 2.39. The van der Waals surface area contributed by atoms with Crippen molar-refractivity contribution in [1.82, 2.24) is 5.32 Å². The van der Waals surface area contributed by atoms with Gasteiger partial charge in [0, 0.05) is 18.8 Å². The Morgan fingerprint density at radius 1 is 1.30 bits per heavy atom. The van der Waals surface area contributed by atoms with Crippen LogP contribution in [0.1, 0.15) is 19.3 Å². The first-order chi connectivity index (χ1) is 9.47. The highest BCUT2D eigenvalue weighted by Gasteiger charge is 2.31. The lowest BCUT2D eigenvalue weighted by Gasteiger charge is -2.21. The summed E-state index contributed by atoms with van der Waals surface area (Å²) in [7, 11) is 1.59. The van der Waals surface area contributed by atoms with Crippen LogP contribution in [0.5, 0.6) is 0 Å². The number of hydrogen-bond donors (Lipinski definition) is 2. The first kappa shape index (κ1) is 14.3. The van der Waals surface area contributed by atoms with Crippen LogP contribution in [0.3, 0.4) is 0 Å². The lowest BCUT2D eigenvalue weighted by atomic mass is 10.1. The van der Waals surface area contributed by atoms with Gasteiger partial charge in [-0.05, 0) is 43.5 Å². The average molecular weight is 280 g/mol. The maximum absolute atomic E-state index is 12.8. The number of carboxylic acids is 1. The average Bonchev–Trinajstić information content (AvgIpc) is 2.87. The van der Waals surface area contributed by atoms with Crippen molar-refractivity contribution < 1.29 is 19.1 Å². The van der Waals surface area contributed by atoms with Gasteiger partial charge < -0.3 is 10.4 Å². The topological polar surface area (TPSA) is 69.6 Å². The molecule has 0 radical (unpaired) electrons. The molecule has 0 unspecified atom stereocenters. The maximum Gasteiger partial charge on any atom is 0.321 e. The van der Waals surface area contributed by atoms with E-state index in [0.717, 1.165) is 0 Å². The Labute approximate surface area is 116 Å². The number of urea groups is 1. The van der Waals surface area contributed by atoms with Crippen molar-refractivity contribution in [2.24, 2.45) is 5.92 Å². The highest BCUT2D eigenvalue weighted by atomic mass is 19.1. The van der Waals surface area contributed by atoms with Crippen molar-refractivity contribution in [3.8, 4) is 0 Å². The lowest BCUT2D eigenvalue weighted by Crippen LogP contribution is -2.42. The molecule has 1 aromatic carbocycles. The molecule has 0 bridgehead atoms. The van der Waals surface area contributed by atoms with Gasteiger partial charge in [-0.1, -0.05) is 0 Å². The predicted octanol–water partition coefficient (Wildman–Crippen LogP) is 2.22. The van der Waals surface area contributed by atoms with Crippen LogP contribution < -0.4 is 10.2 Å². The van der Waals surface area contributed by atoms with Crippen LogP contribution in [-0.2, 0) is 4.79 Å². The van der Waals surface area contributed by atoms with E-state index in [1.54, 1.807) is 7.05 Å². The Balaban J connectivity index is 1.92. The molecule has 6 heteroatoms.